The van der Waals surface area contributed by atoms with Crippen LogP contribution in [-0.2, 0) is 0 Å². The second kappa shape index (κ2) is 9.35. The Balaban J connectivity index is 1.48. The van der Waals surface area contributed by atoms with Gasteiger partial charge in [0.25, 0.3) is 5.91 Å². The lowest BCUT2D eigenvalue weighted by molar-refractivity contribution is 0.0937. The Morgan fingerprint density at radius 3 is 2.45 bits per heavy atom. The van der Waals surface area contributed by atoms with Gasteiger partial charge in [0, 0.05) is 23.4 Å². The van der Waals surface area contributed by atoms with Gasteiger partial charge in [0.1, 0.15) is 5.75 Å². The van der Waals surface area contributed by atoms with E-state index in [9.17, 15) is 4.79 Å². The maximum atomic E-state index is 12.9. The van der Waals surface area contributed by atoms with Gasteiger partial charge in [0.2, 0.25) is 0 Å². The molecule has 1 N–H and O–H groups in total. The van der Waals surface area contributed by atoms with Crippen molar-refractivity contribution >= 4 is 5.91 Å². The third kappa shape index (κ3) is 4.64. The highest BCUT2D eigenvalue weighted by Crippen LogP contribution is 2.31. The molecule has 31 heavy (non-hydrogen) atoms. The number of para-hydroxylation sites is 1. The number of hydrogen-bond acceptors (Lipinski definition) is 4. The highest BCUT2D eigenvalue weighted by atomic mass is 16.5. The van der Waals surface area contributed by atoms with Crippen molar-refractivity contribution in [1.29, 1.82) is 0 Å². The number of carbonyl (C=O) groups excluding carboxylic acids is 1. The summed E-state index contributed by atoms with van der Waals surface area (Å²) >= 11 is 0. The smallest absolute Gasteiger partial charge is 0.251 e. The number of amides is 1. The monoisotopic (exact) mass is 418 g/mol. The van der Waals surface area contributed by atoms with Crippen LogP contribution in [0.25, 0.3) is 5.69 Å². The number of rotatable bonds is 7. The molecule has 4 rings (SSSR count). The maximum Gasteiger partial charge on any atom is 0.251 e. The zero-order valence-corrected chi connectivity index (χ0v) is 18.5. The topological polar surface area (TPSA) is 59.4 Å². The Labute approximate surface area is 183 Å². The first kappa shape index (κ1) is 21.1. The van der Waals surface area contributed by atoms with Gasteiger partial charge in [0.15, 0.2) is 0 Å². The van der Waals surface area contributed by atoms with Crippen molar-refractivity contribution in [2.75, 3.05) is 26.7 Å². The molecule has 0 bridgehead atoms. The number of nitrogens with zero attached hydrogens (tertiary/aromatic N) is 3. The summed E-state index contributed by atoms with van der Waals surface area (Å²) in [6, 6.07) is 17.8. The van der Waals surface area contributed by atoms with E-state index in [1.807, 2.05) is 67.1 Å². The van der Waals surface area contributed by atoms with Crippen molar-refractivity contribution in [3.8, 4) is 11.4 Å². The number of likely N-dealkylation sites (tertiary alicyclic amines) is 1. The van der Waals surface area contributed by atoms with Crippen LogP contribution in [-0.4, -0.2) is 47.3 Å². The molecular formula is C25H30N4O2. The quantitative estimate of drug-likeness (QED) is 0.629. The van der Waals surface area contributed by atoms with E-state index in [0.29, 0.717) is 12.1 Å². The first-order valence-corrected chi connectivity index (χ1v) is 10.9. The summed E-state index contributed by atoms with van der Waals surface area (Å²) in [6.07, 6.45) is 2.38. The van der Waals surface area contributed by atoms with Gasteiger partial charge < -0.3 is 10.1 Å². The average Bonchev–Trinajstić information content (AvgIpc) is 3.43. The van der Waals surface area contributed by atoms with Crippen LogP contribution in [0.4, 0.5) is 0 Å². The number of ether oxygens (including phenoxy) is 1. The van der Waals surface area contributed by atoms with Gasteiger partial charge in [-0.1, -0.05) is 18.2 Å². The molecule has 1 fully saturated rings. The Bertz CT molecular complexity index is 1040. The summed E-state index contributed by atoms with van der Waals surface area (Å²) in [5.74, 6) is 0.793. The molecule has 1 atom stereocenters. The van der Waals surface area contributed by atoms with E-state index in [0.717, 1.165) is 41.5 Å². The fraction of sp³-hybridized carbons (Fsp3) is 0.360. The molecule has 0 aliphatic carbocycles. The lowest BCUT2D eigenvalue weighted by Gasteiger charge is -2.29. The van der Waals surface area contributed by atoms with E-state index >= 15 is 0 Å². The standard InChI is InChI=1S/C25H30N4O2/c1-18-16-19(2)29(27-18)21-12-10-20(11-13-21)25(30)26-17-23(28-14-6-7-15-28)22-8-4-5-9-24(22)31-3/h4-5,8-13,16,23H,6-7,14-15,17H2,1-3H3,(H,26,30). The summed E-state index contributed by atoms with van der Waals surface area (Å²) < 4.78 is 7.49. The predicted octanol–water partition coefficient (Wildman–Crippen LogP) is 4.06. The zero-order valence-electron chi connectivity index (χ0n) is 18.5. The van der Waals surface area contributed by atoms with Gasteiger partial charge in [-0.25, -0.2) is 4.68 Å². The lowest BCUT2D eigenvalue weighted by Crippen LogP contribution is -2.37. The molecule has 0 saturated carbocycles. The van der Waals surface area contributed by atoms with Gasteiger partial charge in [-0.2, -0.15) is 5.10 Å². The Hall–Kier alpha value is -3.12. The SMILES string of the molecule is COc1ccccc1C(CNC(=O)c1ccc(-n2nc(C)cc2C)cc1)N1CCCC1. The fourth-order valence-corrected chi connectivity index (χ4v) is 4.37. The molecule has 1 aromatic heterocycles. The minimum atomic E-state index is -0.0704. The van der Waals surface area contributed by atoms with E-state index < -0.39 is 0 Å². The van der Waals surface area contributed by atoms with E-state index in [-0.39, 0.29) is 11.9 Å². The normalized spacial score (nSPS) is 15.1. The van der Waals surface area contributed by atoms with Crippen molar-refractivity contribution in [3.05, 3.63) is 77.1 Å². The zero-order chi connectivity index (χ0) is 21.8. The Kier molecular flexibility index (Phi) is 6.37. The number of carbonyl (C=O) groups is 1. The number of aromatic nitrogens is 2. The molecule has 0 spiro atoms. The molecule has 3 aromatic rings. The van der Waals surface area contributed by atoms with E-state index in [1.165, 1.54) is 12.8 Å². The van der Waals surface area contributed by atoms with Crippen LogP contribution in [0.5, 0.6) is 5.75 Å². The van der Waals surface area contributed by atoms with Crippen LogP contribution in [0.1, 0.15) is 46.2 Å². The van der Waals surface area contributed by atoms with Crippen LogP contribution in [0.15, 0.2) is 54.6 Å². The van der Waals surface area contributed by atoms with Gasteiger partial charge >= 0.3 is 0 Å². The van der Waals surface area contributed by atoms with Crippen molar-refractivity contribution in [2.24, 2.45) is 0 Å². The first-order valence-electron chi connectivity index (χ1n) is 10.9. The number of hydrogen-bond donors (Lipinski definition) is 1. The minimum absolute atomic E-state index is 0.0704. The predicted molar refractivity (Wildman–Crippen MR) is 122 cm³/mol. The highest BCUT2D eigenvalue weighted by Gasteiger charge is 2.26. The van der Waals surface area contributed by atoms with Crippen molar-refractivity contribution in [2.45, 2.75) is 32.7 Å². The molecule has 0 radical (unpaired) electrons. The molecular weight excluding hydrogens is 388 g/mol. The second-order valence-electron chi connectivity index (χ2n) is 8.10. The summed E-state index contributed by atoms with van der Waals surface area (Å²) in [6.45, 7) is 6.62. The lowest BCUT2D eigenvalue weighted by atomic mass is 10.0. The molecule has 1 unspecified atom stereocenters. The maximum absolute atomic E-state index is 12.9. The summed E-state index contributed by atoms with van der Waals surface area (Å²) in [5, 5.41) is 7.65. The van der Waals surface area contributed by atoms with Crippen molar-refractivity contribution in [3.63, 3.8) is 0 Å². The minimum Gasteiger partial charge on any atom is -0.496 e. The van der Waals surface area contributed by atoms with E-state index in [1.54, 1.807) is 7.11 Å². The summed E-state index contributed by atoms with van der Waals surface area (Å²) in [5.41, 5.74) is 4.76. The van der Waals surface area contributed by atoms with E-state index in [4.69, 9.17) is 4.74 Å². The molecule has 6 heteroatoms. The molecule has 162 valence electrons. The number of methoxy groups -OCH3 is 1. The molecule has 1 aliphatic heterocycles. The molecule has 6 nitrogen and oxygen atoms in total. The number of aryl methyl sites for hydroxylation is 2. The molecule has 1 amide bonds. The first-order chi connectivity index (χ1) is 15.1. The number of nitrogens with one attached hydrogen (secondary N) is 1. The summed E-state index contributed by atoms with van der Waals surface area (Å²) in [7, 11) is 1.70. The molecule has 2 heterocycles. The van der Waals surface area contributed by atoms with Crippen LogP contribution < -0.4 is 10.1 Å². The third-order valence-corrected chi connectivity index (χ3v) is 5.92. The van der Waals surface area contributed by atoms with Gasteiger partial charge in [-0.15, -0.1) is 0 Å². The Morgan fingerprint density at radius 1 is 1.10 bits per heavy atom. The van der Waals surface area contributed by atoms with Crippen LogP contribution in [0.3, 0.4) is 0 Å². The molecule has 1 saturated heterocycles. The Morgan fingerprint density at radius 2 is 1.81 bits per heavy atom. The summed E-state index contributed by atoms with van der Waals surface area (Å²) in [4.78, 5) is 15.3. The van der Waals surface area contributed by atoms with Crippen LogP contribution in [0, 0.1) is 13.8 Å². The van der Waals surface area contributed by atoms with Gasteiger partial charge in [-0.05, 0) is 76.2 Å². The van der Waals surface area contributed by atoms with Gasteiger partial charge in [-0.3, -0.25) is 9.69 Å². The van der Waals surface area contributed by atoms with Crippen molar-refractivity contribution in [1.82, 2.24) is 20.0 Å². The third-order valence-electron chi connectivity index (χ3n) is 5.92. The number of benzene rings is 2. The van der Waals surface area contributed by atoms with Crippen molar-refractivity contribution < 1.29 is 9.53 Å². The second-order valence-corrected chi connectivity index (χ2v) is 8.10. The largest absolute Gasteiger partial charge is 0.496 e. The van der Waals surface area contributed by atoms with Crippen LogP contribution in [0.2, 0.25) is 0 Å². The van der Waals surface area contributed by atoms with Crippen LogP contribution >= 0.6 is 0 Å². The highest BCUT2D eigenvalue weighted by molar-refractivity contribution is 5.94. The van der Waals surface area contributed by atoms with E-state index in [2.05, 4.69) is 21.4 Å². The molecule has 1 aliphatic rings. The average molecular weight is 419 g/mol. The van der Waals surface area contributed by atoms with Gasteiger partial charge in [0.05, 0.1) is 24.5 Å². The molecule has 2 aromatic carbocycles. The fourth-order valence-electron chi connectivity index (χ4n) is 4.37.